The Balaban J connectivity index is 2.30. The highest BCUT2D eigenvalue weighted by Crippen LogP contribution is 2.22. The molecule has 19 heavy (non-hydrogen) atoms. The van der Waals surface area contributed by atoms with E-state index in [4.69, 9.17) is 11.5 Å². The summed E-state index contributed by atoms with van der Waals surface area (Å²) < 4.78 is 0. The Hall–Kier alpha value is -2.08. The van der Waals surface area contributed by atoms with Crippen molar-refractivity contribution in [3.63, 3.8) is 0 Å². The van der Waals surface area contributed by atoms with E-state index in [1.54, 1.807) is 25.1 Å². The molecule has 2 amide bonds. The topological polar surface area (TPSA) is 110 Å². The van der Waals surface area contributed by atoms with Gasteiger partial charge < -0.3 is 21.5 Å². The molecule has 2 unspecified atom stereocenters. The number of nitrogens with two attached hydrogens (primary N) is 2. The molecule has 1 aliphatic rings. The van der Waals surface area contributed by atoms with Crippen LogP contribution >= 0.6 is 0 Å². The standard InChI is InChI=1S/C13H17N3O3/c1-7-4-8(14)2-3-10(7)13(19)16-6-9(17)5-11(16)12(15)18/h2-4,9,11,17H,5-6,14H2,1H3,(H2,15,18). The van der Waals surface area contributed by atoms with E-state index in [0.717, 1.165) is 5.56 Å². The van der Waals surface area contributed by atoms with E-state index in [1.165, 1.54) is 4.90 Å². The summed E-state index contributed by atoms with van der Waals surface area (Å²) in [5.74, 6) is -0.907. The van der Waals surface area contributed by atoms with Crippen LogP contribution in [0, 0.1) is 6.92 Å². The van der Waals surface area contributed by atoms with Crippen molar-refractivity contribution >= 4 is 17.5 Å². The maximum Gasteiger partial charge on any atom is 0.254 e. The summed E-state index contributed by atoms with van der Waals surface area (Å²) in [5.41, 5.74) is 12.7. The van der Waals surface area contributed by atoms with Crippen LogP contribution in [-0.4, -0.2) is 40.5 Å². The van der Waals surface area contributed by atoms with E-state index in [-0.39, 0.29) is 18.9 Å². The van der Waals surface area contributed by atoms with Crippen LogP contribution in [0.25, 0.3) is 0 Å². The number of β-amino-alcohol motifs (C(OH)–C–C–N with tert-alkyl or cyclic N) is 1. The molecule has 2 atom stereocenters. The molecule has 1 aromatic carbocycles. The quantitative estimate of drug-likeness (QED) is 0.633. The first-order chi connectivity index (χ1) is 8.90. The van der Waals surface area contributed by atoms with Crippen LogP contribution in [0.4, 0.5) is 5.69 Å². The molecule has 6 nitrogen and oxygen atoms in total. The van der Waals surface area contributed by atoms with E-state index in [0.29, 0.717) is 11.3 Å². The Morgan fingerprint density at radius 3 is 2.68 bits per heavy atom. The average molecular weight is 263 g/mol. The van der Waals surface area contributed by atoms with Gasteiger partial charge in [0, 0.05) is 24.2 Å². The highest BCUT2D eigenvalue weighted by molar-refractivity contribution is 5.99. The lowest BCUT2D eigenvalue weighted by Gasteiger charge is -2.22. The Bertz CT molecular complexity index is 530. The maximum atomic E-state index is 12.4. The van der Waals surface area contributed by atoms with Gasteiger partial charge >= 0.3 is 0 Å². The minimum Gasteiger partial charge on any atom is -0.399 e. The predicted octanol–water partition coefficient (Wildman–Crippen LogP) is -0.362. The molecule has 0 saturated carbocycles. The van der Waals surface area contributed by atoms with Crippen molar-refractivity contribution in [2.24, 2.45) is 5.73 Å². The van der Waals surface area contributed by atoms with Crippen LogP contribution in [0.3, 0.4) is 0 Å². The summed E-state index contributed by atoms with van der Waals surface area (Å²) >= 11 is 0. The number of hydrogen-bond donors (Lipinski definition) is 3. The van der Waals surface area contributed by atoms with E-state index in [9.17, 15) is 14.7 Å². The molecule has 0 aliphatic carbocycles. The summed E-state index contributed by atoms with van der Waals surface area (Å²) in [7, 11) is 0. The van der Waals surface area contributed by atoms with Crippen molar-refractivity contribution < 1.29 is 14.7 Å². The molecule has 0 spiro atoms. The van der Waals surface area contributed by atoms with Crippen LogP contribution in [0.2, 0.25) is 0 Å². The third kappa shape index (κ3) is 2.53. The zero-order valence-corrected chi connectivity index (χ0v) is 10.7. The number of nitrogens with zero attached hydrogens (tertiary/aromatic N) is 1. The largest absolute Gasteiger partial charge is 0.399 e. The SMILES string of the molecule is Cc1cc(N)ccc1C(=O)N1CC(O)CC1C(N)=O. The molecular weight excluding hydrogens is 246 g/mol. The lowest BCUT2D eigenvalue weighted by molar-refractivity contribution is -0.121. The zero-order chi connectivity index (χ0) is 14.2. The van der Waals surface area contributed by atoms with Crippen LogP contribution in [-0.2, 0) is 4.79 Å². The zero-order valence-electron chi connectivity index (χ0n) is 10.7. The summed E-state index contributed by atoms with van der Waals surface area (Å²) in [6, 6.07) is 4.19. The highest BCUT2D eigenvalue weighted by Gasteiger charge is 2.38. The molecule has 1 aromatic rings. The van der Waals surface area contributed by atoms with Crippen molar-refractivity contribution in [1.82, 2.24) is 4.90 Å². The number of anilines is 1. The Labute approximate surface area is 111 Å². The van der Waals surface area contributed by atoms with Crippen molar-refractivity contribution in [2.45, 2.75) is 25.5 Å². The Morgan fingerprint density at radius 2 is 2.11 bits per heavy atom. The van der Waals surface area contributed by atoms with Gasteiger partial charge in [0.05, 0.1) is 6.10 Å². The molecule has 0 radical (unpaired) electrons. The lowest BCUT2D eigenvalue weighted by atomic mass is 10.1. The number of likely N-dealkylation sites (tertiary alicyclic amines) is 1. The fraction of sp³-hybridized carbons (Fsp3) is 0.385. The van der Waals surface area contributed by atoms with Crippen LogP contribution in [0.1, 0.15) is 22.3 Å². The van der Waals surface area contributed by atoms with Gasteiger partial charge in [-0.3, -0.25) is 9.59 Å². The lowest BCUT2D eigenvalue weighted by Crippen LogP contribution is -2.43. The van der Waals surface area contributed by atoms with Crippen molar-refractivity contribution in [3.8, 4) is 0 Å². The minimum atomic E-state index is -0.751. The van der Waals surface area contributed by atoms with Gasteiger partial charge in [0.15, 0.2) is 0 Å². The first kappa shape index (κ1) is 13.4. The molecule has 0 bridgehead atoms. The second-order valence-corrected chi connectivity index (χ2v) is 4.84. The van der Waals surface area contributed by atoms with Crippen molar-refractivity contribution in [1.29, 1.82) is 0 Å². The van der Waals surface area contributed by atoms with Crippen molar-refractivity contribution in [3.05, 3.63) is 29.3 Å². The van der Waals surface area contributed by atoms with Gasteiger partial charge in [-0.15, -0.1) is 0 Å². The number of nitrogen functional groups attached to an aromatic ring is 1. The van der Waals surface area contributed by atoms with Gasteiger partial charge in [0.2, 0.25) is 5.91 Å². The summed E-state index contributed by atoms with van der Waals surface area (Å²) in [6.07, 6.45) is -0.523. The first-order valence-corrected chi connectivity index (χ1v) is 6.04. The fourth-order valence-corrected chi connectivity index (χ4v) is 2.39. The van der Waals surface area contributed by atoms with Crippen molar-refractivity contribution in [2.75, 3.05) is 12.3 Å². The van der Waals surface area contributed by atoms with E-state index in [2.05, 4.69) is 0 Å². The Morgan fingerprint density at radius 1 is 1.42 bits per heavy atom. The average Bonchev–Trinajstić information content (AvgIpc) is 2.70. The van der Waals surface area contributed by atoms with Gasteiger partial charge in [0.1, 0.15) is 6.04 Å². The van der Waals surface area contributed by atoms with Gasteiger partial charge in [0.25, 0.3) is 5.91 Å². The van der Waals surface area contributed by atoms with E-state index in [1.807, 2.05) is 0 Å². The number of carbonyl (C=O) groups is 2. The molecule has 2 rings (SSSR count). The number of benzene rings is 1. The monoisotopic (exact) mass is 263 g/mol. The molecule has 1 aliphatic heterocycles. The maximum absolute atomic E-state index is 12.4. The molecule has 1 heterocycles. The smallest absolute Gasteiger partial charge is 0.254 e. The number of carbonyl (C=O) groups excluding carboxylic acids is 2. The van der Waals surface area contributed by atoms with Gasteiger partial charge in [-0.2, -0.15) is 0 Å². The van der Waals surface area contributed by atoms with Crippen LogP contribution in [0.5, 0.6) is 0 Å². The fourth-order valence-electron chi connectivity index (χ4n) is 2.39. The number of primary amides is 1. The number of aliphatic hydroxyl groups is 1. The molecule has 5 N–H and O–H groups in total. The second kappa shape index (κ2) is 4.89. The second-order valence-electron chi connectivity index (χ2n) is 4.84. The number of aryl methyl sites for hydroxylation is 1. The number of rotatable bonds is 2. The van der Waals surface area contributed by atoms with Gasteiger partial charge in [-0.05, 0) is 30.7 Å². The summed E-state index contributed by atoms with van der Waals surface area (Å²) in [5, 5.41) is 9.61. The summed E-state index contributed by atoms with van der Waals surface area (Å²) in [6.45, 7) is 1.89. The highest BCUT2D eigenvalue weighted by atomic mass is 16.3. The number of hydrogen-bond acceptors (Lipinski definition) is 4. The number of aliphatic hydroxyl groups excluding tert-OH is 1. The third-order valence-corrected chi connectivity index (χ3v) is 3.35. The minimum absolute atomic E-state index is 0.121. The van der Waals surface area contributed by atoms with Gasteiger partial charge in [-0.25, -0.2) is 0 Å². The molecule has 1 fully saturated rings. The van der Waals surface area contributed by atoms with Crippen LogP contribution < -0.4 is 11.5 Å². The molecule has 6 heteroatoms. The normalized spacial score (nSPS) is 22.5. The number of amides is 2. The molecular formula is C13H17N3O3. The van der Waals surface area contributed by atoms with E-state index < -0.39 is 18.1 Å². The van der Waals surface area contributed by atoms with Crippen LogP contribution in [0.15, 0.2) is 18.2 Å². The summed E-state index contributed by atoms with van der Waals surface area (Å²) in [4.78, 5) is 25.1. The Kier molecular flexibility index (Phi) is 3.44. The molecule has 1 saturated heterocycles. The molecule has 0 aromatic heterocycles. The molecule has 102 valence electrons. The van der Waals surface area contributed by atoms with E-state index >= 15 is 0 Å². The predicted molar refractivity (Wildman–Crippen MR) is 70.2 cm³/mol. The third-order valence-electron chi connectivity index (χ3n) is 3.35. The first-order valence-electron chi connectivity index (χ1n) is 6.04. The van der Waals surface area contributed by atoms with Gasteiger partial charge in [-0.1, -0.05) is 0 Å².